The number of amides is 1. The molecule has 3 aromatic rings. The fourth-order valence-electron chi connectivity index (χ4n) is 3.70. The molecular formula is C21H24N4OS. The summed E-state index contributed by atoms with van der Waals surface area (Å²) >= 11 is 1.62. The summed E-state index contributed by atoms with van der Waals surface area (Å²) in [6.45, 7) is 4.58. The molecule has 4 rings (SSSR count). The zero-order valence-corrected chi connectivity index (χ0v) is 16.3. The normalized spacial score (nSPS) is 17.2. The molecule has 1 aromatic carbocycles. The molecule has 1 aliphatic rings. The van der Waals surface area contributed by atoms with Gasteiger partial charge in [-0.25, -0.2) is 9.97 Å². The van der Waals surface area contributed by atoms with E-state index >= 15 is 0 Å². The number of thiophene rings is 1. The largest absolute Gasteiger partial charge is 0.369 e. The van der Waals surface area contributed by atoms with Crippen molar-refractivity contribution < 1.29 is 4.79 Å². The second-order valence-corrected chi connectivity index (χ2v) is 8.04. The molecule has 1 N–H and O–H groups in total. The predicted molar refractivity (Wildman–Crippen MR) is 111 cm³/mol. The van der Waals surface area contributed by atoms with E-state index in [1.807, 2.05) is 23.1 Å². The molecule has 0 bridgehead atoms. The summed E-state index contributed by atoms with van der Waals surface area (Å²) in [5.41, 5.74) is 2.29. The summed E-state index contributed by atoms with van der Waals surface area (Å²) in [6.07, 6.45) is 4.41. The van der Waals surface area contributed by atoms with E-state index in [4.69, 9.17) is 0 Å². The molecule has 0 spiro atoms. The number of anilines is 1. The SMILES string of the molecule is CC1CCCN(C(=O)CCNc2ncnc3scc(-c4ccccc4)c23)C1. The van der Waals surface area contributed by atoms with Crippen LogP contribution in [0.4, 0.5) is 5.82 Å². The maximum absolute atomic E-state index is 12.5. The minimum absolute atomic E-state index is 0.230. The highest BCUT2D eigenvalue weighted by Crippen LogP contribution is 2.36. The Morgan fingerprint density at radius 1 is 1.30 bits per heavy atom. The maximum Gasteiger partial charge on any atom is 0.224 e. The first-order valence-corrected chi connectivity index (χ1v) is 10.4. The van der Waals surface area contributed by atoms with E-state index in [9.17, 15) is 4.79 Å². The number of hydrogen-bond acceptors (Lipinski definition) is 5. The Morgan fingerprint density at radius 2 is 2.15 bits per heavy atom. The van der Waals surface area contributed by atoms with Crippen molar-refractivity contribution in [2.24, 2.45) is 5.92 Å². The Morgan fingerprint density at radius 3 is 2.96 bits per heavy atom. The van der Waals surface area contributed by atoms with Crippen LogP contribution in [0.15, 0.2) is 42.0 Å². The highest BCUT2D eigenvalue weighted by atomic mass is 32.1. The van der Waals surface area contributed by atoms with Crippen LogP contribution in [0.5, 0.6) is 0 Å². The first-order chi connectivity index (χ1) is 13.2. The fourth-order valence-corrected chi connectivity index (χ4v) is 4.62. The average molecular weight is 381 g/mol. The van der Waals surface area contributed by atoms with Gasteiger partial charge in [-0.3, -0.25) is 4.79 Å². The van der Waals surface area contributed by atoms with Crippen LogP contribution in [0.3, 0.4) is 0 Å². The minimum atomic E-state index is 0.230. The van der Waals surface area contributed by atoms with Crippen LogP contribution in [-0.2, 0) is 4.79 Å². The summed E-state index contributed by atoms with van der Waals surface area (Å²) in [7, 11) is 0. The van der Waals surface area contributed by atoms with E-state index in [1.165, 1.54) is 6.42 Å². The summed E-state index contributed by atoms with van der Waals surface area (Å²) < 4.78 is 0. The third-order valence-electron chi connectivity index (χ3n) is 5.10. The first kappa shape index (κ1) is 17.9. The number of rotatable bonds is 5. The van der Waals surface area contributed by atoms with Gasteiger partial charge in [0.25, 0.3) is 0 Å². The highest BCUT2D eigenvalue weighted by Gasteiger charge is 2.20. The molecule has 140 valence electrons. The van der Waals surface area contributed by atoms with E-state index < -0.39 is 0 Å². The van der Waals surface area contributed by atoms with Crippen molar-refractivity contribution in [3.8, 4) is 11.1 Å². The third-order valence-corrected chi connectivity index (χ3v) is 5.98. The van der Waals surface area contributed by atoms with E-state index in [2.05, 4.69) is 39.7 Å². The van der Waals surface area contributed by atoms with Crippen molar-refractivity contribution in [3.63, 3.8) is 0 Å². The lowest BCUT2D eigenvalue weighted by atomic mass is 10.00. The standard InChI is InChI=1S/C21H24N4OS/c1-15-6-5-11-25(12-15)18(26)9-10-22-20-19-17(16-7-3-2-4-8-16)13-27-21(19)24-14-23-20/h2-4,7-8,13-15H,5-6,9-12H2,1H3,(H,22,23,24). The zero-order valence-electron chi connectivity index (χ0n) is 15.5. The van der Waals surface area contributed by atoms with Crippen LogP contribution < -0.4 is 5.32 Å². The van der Waals surface area contributed by atoms with Gasteiger partial charge in [-0.1, -0.05) is 37.3 Å². The van der Waals surface area contributed by atoms with Crippen molar-refractivity contribution in [2.75, 3.05) is 25.0 Å². The Balaban J connectivity index is 1.48. The second-order valence-electron chi connectivity index (χ2n) is 7.18. The number of benzene rings is 1. The molecule has 1 amide bonds. The van der Waals surface area contributed by atoms with Gasteiger partial charge in [0.1, 0.15) is 17.0 Å². The van der Waals surface area contributed by atoms with Crippen LogP contribution in [-0.4, -0.2) is 40.4 Å². The molecule has 1 aliphatic heterocycles. The molecule has 6 heteroatoms. The topological polar surface area (TPSA) is 58.1 Å². The van der Waals surface area contributed by atoms with Gasteiger partial charge < -0.3 is 10.2 Å². The lowest BCUT2D eigenvalue weighted by Gasteiger charge is -2.31. The Bertz CT molecular complexity index is 924. The second kappa shape index (κ2) is 8.05. The van der Waals surface area contributed by atoms with E-state index in [0.29, 0.717) is 18.9 Å². The van der Waals surface area contributed by atoms with Crippen LogP contribution in [0.25, 0.3) is 21.3 Å². The number of fused-ring (bicyclic) bond motifs is 1. The average Bonchev–Trinajstić information content (AvgIpc) is 3.14. The van der Waals surface area contributed by atoms with Gasteiger partial charge in [-0.15, -0.1) is 11.3 Å². The number of nitrogens with zero attached hydrogens (tertiary/aromatic N) is 3. The van der Waals surface area contributed by atoms with Crippen molar-refractivity contribution in [3.05, 3.63) is 42.0 Å². The van der Waals surface area contributed by atoms with Gasteiger partial charge in [-0.05, 0) is 24.3 Å². The molecule has 1 fully saturated rings. The number of carbonyl (C=O) groups is 1. The molecule has 2 aromatic heterocycles. The number of hydrogen-bond donors (Lipinski definition) is 1. The summed E-state index contributed by atoms with van der Waals surface area (Å²) in [5, 5.41) is 6.53. The lowest BCUT2D eigenvalue weighted by molar-refractivity contribution is -0.132. The minimum Gasteiger partial charge on any atom is -0.369 e. The zero-order chi connectivity index (χ0) is 18.6. The quantitative estimate of drug-likeness (QED) is 0.712. The number of carbonyl (C=O) groups excluding carboxylic acids is 1. The van der Waals surface area contributed by atoms with Crippen molar-refractivity contribution in [2.45, 2.75) is 26.2 Å². The Labute approximate surface area is 163 Å². The number of nitrogens with one attached hydrogen (secondary N) is 1. The van der Waals surface area contributed by atoms with Gasteiger partial charge in [-0.2, -0.15) is 0 Å². The molecule has 1 atom stereocenters. The Hall–Kier alpha value is -2.47. The molecule has 0 saturated carbocycles. The van der Waals surface area contributed by atoms with Crippen molar-refractivity contribution >= 4 is 33.3 Å². The maximum atomic E-state index is 12.5. The van der Waals surface area contributed by atoms with E-state index in [-0.39, 0.29) is 5.91 Å². The lowest BCUT2D eigenvalue weighted by Crippen LogP contribution is -2.39. The monoisotopic (exact) mass is 380 g/mol. The van der Waals surface area contributed by atoms with Gasteiger partial charge in [0.2, 0.25) is 5.91 Å². The van der Waals surface area contributed by atoms with Crippen LogP contribution in [0, 0.1) is 5.92 Å². The molecule has 0 radical (unpaired) electrons. The summed E-state index contributed by atoms with van der Waals surface area (Å²) in [4.78, 5) is 24.3. The fraction of sp³-hybridized carbons (Fsp3) is 0.381. The van der Waals surface area contributed by atoms with Gasteiger partial charge >= 0.3 is 0 Å². The van der Waals surface area contributed by atoms with E-state index in [1.54, 1.807) is 17.7 Å². The first-order valence-electron chi connectivity index (χ1n) is 9.51. The molecule has 3 heterocycles. The van der Waals surface area contributed by atoms with Crippen molar-refractivity contribution in [1.29, 1.82) is 0 Å². The highest BCUT2D eigenvalue weighted by molar-refractivity contribution is 7.17. The van der Waals surface area contributed by atoms with E-state index in [0.717, 1.165) is 46.7 Å². The number of piperidine rings is 1. The van der Waals surface area contributed by atoms with Crippen molar-refractivity contribution in [1.82, 2.24) is 14.9 Å². The summed E-state index contributed by atoms with van der Waals surface area (Å²) in [5.74, 6) is 1.64. The Kier molecular flexibility index (Phi) is 5.34. The third kappa shape index (κ3) is 3.95. The van der Waals surface area contributed by atoms with Crippen LogP contribution >= 0.6 is 11.3 Å². The number of likely N-dealkylation sites (tertiary alicyclic amines) is 1. The van der Waals surface area contributed by atoms with Crippen LogP contribution in [0.1, 0.15) is 26.2 Å². The smallest absolute Gasteiger partial charge is 0.224 e. The molecule has 1 saturated heterocycles. The van der Waals surface area contributed by atoms with Gasteiger partial charge in [0, 0.05) is 37.0 Å². The molecule has 1 unspecified atom stereocenters. The molecule has 27 heavy (non-hydrogen) atoms. The molecule has 5 nitrogen and oxygen atoms in total. The summed E-state index contributed by atoms with van der Waals surface area (Å²) in [6, 6.07) is 10.3. The number of aromatic nitrogens is 2. The predicted octanol–water partition coefficient (Wildman–Crippen LogP) is 4.42. The van der Waals surface area contributed by atoms with Gasteiger partial charge in [0.05, 0.1) is 5.39 Å². The molecule has 0 aliphatic carbocycles. The van der Waals surface area contributed by atoms with Crippen LogP contribution in [0.2, 0.25) is 0 Å². The van der Waals surface area contributed by atoms with Gasteiger partial charge in [0.15, 0.2) is 0 Å². The molecular weight excluding hydrogens is 356 g/mol.